The molecule has 0 bridgehead atoms. The Labute approximate surface area is 234 Å². The lowest BCUT2D eigenvalue weighted by Crippen LogP contribution is -2.34. The molecule has 190 valence electrons. The lowest BCUT2D eigenvalue weighted by atomic mass is 10.2. The van der Waals surface area contributed by atoms with Crippen molar-refractivity contribution in [1.29, 1.82) is 0 Å². The third-order valence-electron chi connectivity index (χ3n) is 5.13. The molecule has 0 radical (unpaired) electrons. The maximum Gasteiger partial charge on any atom is 0.342 e. The number of para-hydroxylation sites is 1. The molecule has 0 saturated heterocycles. The largest absolute Gasteiger partial charge is 0.506 e. The van der Waals surface area contributed by atoms with Crippen molar-refractivity contribution in [2.75, 3.05) is 20.0 Å². The highest BCUT2D eigenvalue weighted by Gasteiger charge is 2.25. The lowest BCUT2D eigenvalue weighted by molar-refractivity contribution is -0.625. The molecule has 0 spiro atoms. The Hall–Kier alpha value is -3.35. The number of benzene rings is 3. The molecule has 9 nitrogen and oxygen atoms in total. The fraction of sp³-hybridized carbons (Fsp3) is 0.120. The fourth-order valence-electron chi connectivity index (χ4n) is 3.41. The van der Waals surface area contributed by atoms with Crippen LogP contribution in [0.4, 0.5) is 0 Å². The Bertz CT molecular complexity index is 1450. The normalized spacial score (nSPS) is 11.0. The molecule has 0 unspecified atom stereocenters. The highest BCUT2D eigenvalue weighted by molar-refractivity contribution is 9.11. The van der Waals surface area contributed by atoms with Gasteiger partial charge in [0.05, 0.1) is 41.3 Å². The van der Waals surface area contributed by atoms with Crippen LogP contribution >= 0.6 is 43.6 Å². The van der Waals surface area contributed by atoms with Crippen molar-refractivity contribution in [2.45, 2.75) is 5.16 Å². The molecule has 37 heavy (non-hydrogen) atoms. The summed E-state index contributed by atoms with van der Waals surface area (Å²) in [7, 11) is 3.17. The molecule has 0 fully saturated rings. The SMILES string of the molecule is COc1ccc(-c2[nH]nc(SCC(=O)N/N=C/c3cc(Br)cc(Br)c3O)[n+]2-c2ccccc2)cc1OC. The van der Waals surface area contributed by atoms with Crippen LogP contribution in [0, 0.1) is 0 Å². The van der Waals surface area contributed by atoms with Crippen LogP contribution in [0.1, 0.15) is 5.56 Å². The van der Waals surface area contributed by atoms with Crippen LogP contribution in [-0.2, 0) is 4.79 Å². The summed E-state index contributed by atoms with van der Waals surface area (Å²) in [5, 5.41) is 22.2. The number of nitrogens with one attached hydrogen (secondary N) is 2. The van der Waals surface area contributed by atoms with Crippen molar-refractivity contribution in [2.24, 2.45) is 5.10 Å². The number of rotatable bonds is 9. The summed E-state index contributed by atoms with van der Waals surface area (Å²) < 4.78 is 14.0. The van der Waals surface area contributed by atoms with E-state index in [1.54, 1.807) is 26.4 Å². The average Bonchev–Trinajstić information content (AvgIpc) is 3.34. The molecule has 0 aliphatic rings. The van der Waals surface area contributed by atoms with Gasteiger partial charge in [0.2, 0.25) is 0 Å². The summed E-state index contributed by atoms with van der Waals surface area (Å²) in [6, 6.07) is 18.7. The van der Waals surface area contributed by atoms with E-state index >= 15 is 0 Å². The van der Waals surface area contributed by atoms with Gasteiger partial charge >= 0.3 is 5.16 Å². The van der Waals surface area contributed by atoms with E-state index in [1.165, 1.54) is 18.0 Å². The van der Waals surface area contributed by atoms with Crippen molar-refractivity contribution < 1.29 is 23.9 Å². The topological polar surface area (TPSA) is 113 Å². The van der Waals surface area contributed by atoms with E-state index in [0.717, 1.165) is 15.7 Å². The Morgan fingerprint density at radius 1 is 1.14 bits per heavy atom. The minimum Gasteiger partial charge on any atom is -0.506 e. The predicted octanol–water partition coefficient (Wildman–Crippen LogP) is 4.84. The van der Waals surface area contributed by atoms with Gasteiger partial charge in [0.1, 0.15) is 11.4 Å². The van der Waals surface area contributed by atoms with Gasteiger partial charge in [-0.25, -0.2) is 5.43 Å². The molecule has 0 aliphatic carbocycles. The van der Waals surface area contributed by atoms with Crippen molar-refractivity contribution in [3.8, 4) is 34.3 Å². The number of thioether (sulfide) groups is 1. The van der Waals surface area contributed by atoms with E-state index in [0.29, 0.717) is 32.5 Å². The number of nitrogens with zero attached hydrogens (tertiary/aromatic N) is 3. The second-order valence-electron chi connectivity index (χ2n) is 7.50. The van der Waals surface area contributed by atoms with E-state index in [1.807, 2.05) is 53.1 Å². The number of hydrazone groups is 1. The molecule has 4 aromatic rings. The highest BCUT2D eigenvalue weighted by Crippen LogP contribution is 2.32. The van der Waals surface area contributed by atoms with Gasteiger partial charge < -0.3 is 14.6 Å². The number of aromatic amines is 1. The number of aromatic nitrogens is 3. The zero-order valence-corrected chi connectivity index (χ0v) is 23.7. The van der Waals surface area contributed by atoms with Crippen molar-refractivity contribution in [1.82, 2.24) is 15.6 Å². The summed E-state index contributed by atoms with van der Waals surface area (Å²) in [5.41, 5.74) is 4.63. The smallest absolute Gasteiger partial charge is 0.342 e. The number of ether oxygens (including phenoxy) is 2. The molecule has 1 aromatic heterocycles. The first kappa shape index (κ1) is 26.7. The molecule has 0 saturated carbocycles. The third kappa shape index (κ3) is 6.32. The van der Waals surface area contributed by atoms with Crippen molar-refractivity contribution >= 4 is 55.7 Å². The Morgan fingerprint density at radius 2 is 1.89 bits per heavy atom. The Morgan fingerprint density at radius 3 is 2.62 bits per heavy atom. The number of halogens is 2. The second kappa shape index (κ2) is 12.3. The van der Waals surface area contributed by atoms with Gasteiger partial charge in [-0.3, -0.25) is 4.79 Å². The average molecular weight is 648 g/mol. The van der Waals surface area contributed by atoms with E-state index in [-0.39, 0.29) is 17.4 Å². The molecule has 0 atom stereocenters. The van der Waals surface area contributed by atoms with Crippen LogP contribution < -0.4 is 19.5 Å². The van der Waals surface area contributed by atoms with Crippen LogP contribution in [0.15, 0.2) is 79.9 Å². The first-order valence-electron chi connectivity index (χ1n) is 10.8. The fourth-order valence-corrected chi connectivity index (χ4v) is 5.43. The molecule has 4 rings (SSSR count). The number of hydrogen-bond acceptors (Lipinski definition) is 7. The quantitative estimate of drug-likeness (QED) is 0.104. The van der Waals surface area contributed by atoms with Crippen LogP contribution in [0.2, 0.25) is 0 Å². The van der Waals surface area contributed by atoms with Crippen LogP contribution in [-0.4, -0.2) is 47.4 Å². The van der Waals surface area contributed by atoms with E-state index in [2.05, 4.69) is 52.6 Å². The summed E-state index contributed by atoms with van der Waals surface area (Å²) in [6.45, 7) is 0. The summed E-state index contributed by atoms with van der Waals surface area (Å²) in [5.74, 6) is 1.68. The predicted molar refractivity (Wildman–Crippen MR) is 149 cm³/mol. The van der Waals surface area contributed by atoms with E-state index in [9.17, 15) is 9.90 Å². The van der Waals surface area contributed by atoms with Gasteiger partial charge in [-0.15, -0.1) is 5.10 Å². The standard InChI is InChI=1S/C25H21Br2N5O4S/c1-35-20-9-8-15(11-21(20)36-2)24-30-31-25(32(24)18-6-4-3-5-7-18)37-14-22(33)29-28-13-16-10-17(26)12-19(27)23(16)34/h3-13H,14H2,1-2H3,(H2,28,29,33,34)/p+1. The molecular weight excluding hydrogens is 626 g/mol. The van der Waals surface area contributed by atoms with Crippen LogP contribution in [0.3, 0.4) is 0 Å². The number of hydrogen-bond donors (Lipinski definition) is 3. The molecule has 1 heterocycles. The number of phenols is 1. The minimum atomic E-state index is -0.329. The molecule has 0 aliphatic heterocycles. The maximum atomic E-state index is 12.5. The number of phenolic OH excluding ortho intramolecular Hbond substituents is 1. The summed E-state index contributed by atoms with van der Waals surface area (Å²) >= 11 is 7.88. The zero-order chi connectivity index (χ0) is 26.4. The van der Waals surface area contributed by atoms with Crippen LogP contribution in [0.5, 0.6) is 17.2 Å². The highest BCUT2D eigenvalue weighted by atomic mass is 79.9. The Balaban J connectivity index is 1.54. The van der Waals surface area contributed by atoms with Gasteiger partial charge in [-0.2, -0.15) is 9.67 Å². The van der Waals surface area contributed by atoms with Crippen LogP contribution in [0.25, 0.3) is 17.1 Å². The lowest BCUT2D eigenvalue weighted by Gasteiger charge is -2.09. The van der Waals surface area contributed by atoms with E-state index in [4.69, 9.17) is 9.47 Å². The minimum absolute atomic E-state index is 0.0266. The molecule has 3 aromatic carbocycles. The number of amides is 1. The van der Waals surface area contributed by atoms with Gasteiger partial charge in [-0.1, -0.05) is 34.1 Å². The summed E-state index contributed by atoms with van der Waals surface area (Å²) in [6.07, 6.45) is 1.38. The van der Waals surface area contributed by atoms with Crippen molar-refractivity contribution in [3.63, 3.8) is 0 Å². The number of H-pyrrole nitrogens is 1. The second-order valence-corrected chi connectivity index (χ2v) is 10.2. The maximum absolute atomic E-state index is 12.5. The van der Waals surface area contributed by atoms with Gasteiger partial charge in [0.25, 0.3) is 11.7 Å². The monoisotopic (exact) mass is 646 g/mol. The molecule has 3 N–H and O–H groups in total. The van der Waals surface area contributed by atoms with Gasteiger partial charge in [0.15, 0.2) is 11.5 Å². The first-order chi connectivity index (χ1) is 17.9. The number of carbonyl (C=O) groups excluding carboxylic acids is 1. The van der Waals surface area contributed by atoms with Crippen molar-refractivity contribution in [3.05, 3.63) is 75.2 Å². The zero-order valence-electron chi connectivity index (χ0n) is 19.7. The first-order valence-corrected chi connectivity index (χ1v) is 13.4. The summed E-state index contributed by atoms with van der Waals surface area (Å²) in [4.78, 5) is 12.5. The molecule has 12 heteroatoms. The number of carbonyl (C=O) groups is 1. The van der Waals surface area contributed by atoms with Gasteiger partial charge in [0, 0.05) is 10.0 Å². The van der Waals surface area contributed by atoms with E-state index < -0.39 is 0 Å². The third-order valence-corrected chi connectivity index (χ3v) is 7.13. The van der Waals surface area contributed by atoms with Gasteiger partial charge in [-0.05, 0) is 70.2 Å². The Kier molecular flexibility index (Phi) is 8.85. The molecule has 1 amide bonds. The number of methoxy groups -OCH3 is 2. The number of aromatic hydroxyl groups is 1. The molecular formula is C25H22Br2N5O4S+.